The zero-order valence-electron chi connectivity index (χ0n) is 15.4. The van der Waals surface area contributed by atoms with Crippen LogP contribution in [0.4, 0.5) is 0 Å². The van der Waals surface area contributed by atoms with Crippen molar-refractivity contribution in [1.29, 1.82) is 0 Å². The van der Waals surface area contributed by atoms with Crippen molar-refractivity contribution in [2.75, 3.05) is 0 Å². The molecule has 24 heavy (non-hydrogen) atoms. The maximum absolute atomic E-state index is 12.0. The Labute approximate surface area is 155 Å². The fourth-order valence-electron chi connectivity index (χ4n) is 2.90. The molecule has 0 rings (SSSR count). The monoisotopic (exact) mass is 406 g/mol. The highest BCUT2D eigenvalue weighted by atomic mass is 79.9. The smallest absolute Gasteiger partial charge is 0.303 e. The maximum Gasteiger partial charge on any atom is 0.303 e. The molecule has 0 aromatic carbocycles. The van der Waals surface area contributed by atoms with Gasteiger partial charge in [-0.2, -0.15) is 0 Å². The van der Waals surface area contributed by atoms with Gasteiger partial charge < -0.3 is 10.2 Å². The zero-order valence-corrected chi connectivity index (χ0v) is 16.9. The van der Waals surface area contributed by atoms with Gasteiger partial charge in [-0.05, 0) is 45.4 Å². The molecular weight excluding hydrogens is 372 g/mol. The first-order valence-electron chi connectivity index (χ1n) is 9.41. The molecule has 0 aliphatic rings. The first-order chi connectivity index (χ1) is 11.3. The molecule has 0 saturated carbocycles. The molecule has 0 radical (unpaired) electrons. The van der Waals surface area contributed by atoms with Gasteiger partial charge in [0.1, 0.15) is 5.78 Å². The van der Waals surface area contributed by atoms with E-state index in [1.165, 1.54) is 0 Å². The molecule has 2 N–H and O–H groups in total. The molecule has 0 bridgehead atoms. The molecule has 0 spiro atoms. The molecule has 2 unspecified atom stereocenters. The van der Waals surface area contributed by atoms with E-state index in [4.69, 9.17) is 5.11 Å². The van der Waals surface area contributed by atoms with Gasteiger partial charge in [0.05, 0.1) is 10.4 Å². The van der Waals surface area contributed by atoms with Crippen LogP contribution in [0.5, 0.6) is 0 Å². The van der Waals surface area contributed by atoms with Crippen LogP contribution < -0.4 is 0 Å². The van der Waals surface area contributed by atoms with Crippen LogP contribution in [0, 0.1) is 0 Å². The van der Waals surface area contributed by atoms with Crippen LogP contribution in [-0.2, 0) is 9.59 Å². The van der Waals surface area contributed by atoms with E-state index < -0.39 is 10.3 Å². The Kier molecular flexibility index (Phi) is 13.6. The molecule has 0 aliphatic carbocycles. The van der Waals surface area contributed by atoms with Crippen molar-refractivity contribution in [3.05, 3.63) is 0 Å². The summed E-state index contributed by atoms with van der Waals surface area (Å²) in [6.07, 6.45) is 10.8. The number of hydrogen-bond donors (Lipinski definition) is 2. The maximum atomic E-state index is 12.0. The number of rotatable bonds is 16. The van der Waals surface area contributed by atoms with Crippen LogP contribution >= 0.6 is 15.9 Å². The number of carbonyl (C=O) groups excluding carboxylic acids is 1. The summed E-state index contributed by atoms with van der Waals surface area (Å²) < 4.78 is -0.483. The highest BCUT2D eigenvalue weighted by molar-refractivity contribution is 9.10. The van der Waals surface area contributed by atoms with Gasteiger partial charge >= 0.3 is 5.97 Å². The number of hydrogen-bond acceptors (Lipinski definition) is 3. The molecule has 142 valence electrons. The van der Waals surface area contributed by atoms with Gasteiger partial charge in [-0.15, -0.1) is 0 Å². The molecule has 0 aromatic heterocycles. The lowest BCUT2D eigenvalue weighted by Crippen LogP contribution is -2.30. The minimum atomic E-state index is -0.744. The molecule has 0 aliphatic heterocycles. The van der Waals surface area contributed by atoms with Crippen LogP contribution in [0.15, 0.2) is 0 Å². The Balaban J connectivity index is 3.99. The number of carbonyl (C=O) groups is 2. The molecule has 5 heteroatoms. The Morgan fingerprint density at radius 1 is 0.958 bits per heavy atom. The summed E-state index contributed by atoms with van der Waals surface area (Å²) in [6.45, 7) is 3.77. The average molecular weight is 407 g/mol. The number of aliphatic carboxylic acids is 1. The van der Waals surface area contributed by atoms with Crippen molar-refractivity contribution in [2.24, 2.45) is 0 Å². The Bertz CT molecular complexity index is 359. The second-order valence-electron chi connectivity index (χ2n) is 6.87. The average Bonchev–Trinajstić information content (AvgIpc) is 2.50. The molecule has 0 fully saturated rings. The zero-order chi connectivity index (χ0) is 18.4. The summed E-state index contributed by atoms with van der Waals surface area (Å²) in [4.78, 5) is 22.4. The molecule has 0 aromatic rings. The number of alkyl halides is 1. The second kappa shape index (κ2) is 13.8. The van der Waals surface area contributed by atoms with Crippen molar-refractivity contribution in [3.63, 3.8) is 0 Å². The molecule has 0 heterocycles. The van der Waals surface area contributed by atoms with Crippen LogP contribution in [0.25, 0.3) is 0 Å². The van der Waals surface area contributed by atoms with E-state index in [0.717, 1.165) is 70.6 Å². The van der Waals surface area contributed by atoms with Crippen molar-refractivity contribution in [3.8, 4) is 0 Å². The van der Waals surface area contributed by atoms with Crippen molar-refractivity contribution >= 4 is 27.7 Å². The predicted octanol–water partition coefficient (Wildman–Crippen LogP) is 5.25. The van der Waals surface area contributed by atoms with E-state index in [1.54, 1.807) is 6.92 Å². The third kappa shape index (κ3) is 12.0. The molecule has 4 nitrogen and oxygen atoms in total. The van der Waals surface area contributed by atoms with Gasteiger partial charge in [0.25, 0.3) is 0 Å². The lowest BCUT2D eigenvalue weighted by Gasteiger charge is -2.25. The number of aliphatic hydroxyl groups is 1. The normalized spacial score (nSPS) is 15.0. The molecule has 0 saturated heterocycles. The largest absolute Gasteiger partial charge is 0.481 e. The number of carboxylic acid groups (broad SMARTS) is 1. The van der Waals surface area contributed by atoms with E-state index in [9.17, 15) is 14.7 Å². The van der Waals surface area contributed by atoms with E-state index in [2.05, 4.69) is 22.9 Å². The highest BCUT2D eigenvalue weighted by Crippen LogP contribution is 2.33. The fourth-order valence-corrected chi connectivity index (χ4v) is 3.46. The van der Waals surface area contributed by atoms with Gasteiger partial charge in [-0.3, -0.25) is 9.59 Å². The summed E-state index contributed by atoms with van der Waals surface area (Å²) in [5.74, 6) is -0.598. The number of halogens is 1. The summed E-state index contributed by atoms with van der Waals surface area (Å²) in [7, 11) is 0. The minimum Gasteiger partial charge on any atom is -0.481 e. The van der Waals surface area contributed by atoms with Gasteiger partial charge in [0, 0.05) is 6.42 Å². The van der Waals surface area contributed by atoms with Gasteiger partial charge in [-0.25, -0.2) is 0 Å². The van der Waals surface area contributed by atoms with Gasteiger partial charge in [0.15, 0.2) is 0 Å². The summed E-state index contributed by atoms with van der Waals surface area (Å²) in [6, 6.07) is 0. The summed E-state index contributed by atoms with van der Waals surface area (Å²) in [5.41, 5.74) is 0. The quantitative estimate of drug-likeness (QED) is 0.271. The summed E-state index contributed by atoms with van der Waals surface area (Å²) in [5, 5.41) is 18.6. The topological polar surface area (TPSA) is 74.6 Å². The van der Waals surface area contributed by atoms with Crippen LogP contribution in [0.3, 0.4) is 0 Å². The van der Waals surface area contributed by atoms with Gasteiger partial charge in [-0.1, -0.05) is 61.4 Å². The van der Waals surface area contributed by atoms with E-state index in [0.29, 0.717) is 6.42 Å². The number of aliphatic hydroxyl groups excluding tert-OH is 1. The first-order valence-corrected chi connectivity index (χ1v) is 10.2. The Morgan fingerprint density at radius 2 is 1.54 bits per heavy atom. The van der Waals surface area contributed by atoms with Crippen molar-refractivity contribution in [2.45, 2.75) is 108 Å². The van der Waals surface area contributed by atoms with E-state index in [1.807, 2.05) is 0 Å². The van der Waals surface area contributed by atoms with E-state index >= 15 is 0 Å². The molecule has 0 amide bonds. The predicted molar refractivity (Wildman–Crippen MR) is 102 cm³/mol. The van der Waals surface area contributed by atoms with Crippen molar-refractivity contribution < 1.29 is 19.8 Å². The number of carboxylic acids is 1. The Morgan fingerprint density at radius 3 is 2.12 bits per heavy atom. The lowest BCUT2D eigenvalue weighted by molar-refractivity contribution is -0.137. The van der Waals surface area contributed by atoms with Gasteiger partial charge in [0.2, 0.25) is 0 Å². The second-order valence-corrected chi connectivity index (χ2v) is 8.39. The number of ketones is 1. The fraction of sp³-hybridized carbons (Fsp3) is 0.895. The summed E-state index contributed by atoms with van der Waals surface area (Å²) >= 11 is 3.63. The number of unbranched alkanes of at least 4 members (excludes halogenated alkanes) is 5. The van der Waals surface area contributed by atoms with Crippen LogP contribution in [-0.4, -0.2) is 32.4 Å². The lowest BCUT2D eigenvalue weighted by atomic mass is 9.90. The third-order valence-electron chi connectivity index (χ3n) is 4.60. The number of Topliss-reactive ketones (excluding diaryl/α,β-unsaturated/α-hetero) is 1. The first kappa shape index (κ1) is 23.6. The minimum absolute atomic E-state index is 0.147. The SMILES string of the molecule is CCCCCC(O)CCCC(Br)(CCCCCCC(=O)O)C(C)=O. The highest BCUT2D eigenvalue weighted by Gasteiger charge is 2.31. The van der Waals surface area contributed by atoms with Crippen LogP contribution in [0.2, 0.25) is 0 Å². The third-order valence-corrected chi connectivity index (χ3v) is 5.95. The van der Waals surface area contributed by atoms with Crippen molar-refractivity contribution in [1.82, 2.24) is 0 Å². The Hall–Kier alpha value is -0.420. The molecule has 2 atom stereocenters. The standard InChI is InChI=1S/C19H35BrO4/c1-3-4-7-11-17(22)12-10-15-19(20,16(2)21)14-9-6-5-8-13-18(23)24/h17,22H,3-15H2,1-2H3,(H,23,24). The van der Waals surface area contributed by atoms with Crippen LogP contribution in [0.1, 0.15) is 97.3 Å². The molecular formula is C19H35BrO4. The van der Waals surface area contributed by atoms with E-state index in [-0.39, 0.29) is 18.3 Å².